The van der Waals surface area contributed by atoms with Gasteiger partial charge in [-0.15, -0.1) is 0 Å². The second-order valence-corrected chi connectivity index (χ2v) is 5.25. The number of rotatable bonds is 6. The van der Waals surface area contributed by atoms with Crippen molar-refractivity contribution < 1.29 is 14.3 Å². The summed E-state index contributed by atoms with van der Waals surface area (Å²) < 4.78 is 10.8. The van der Waals surface area contributed by atoms with Gasteiger partial charge in [0, 0.05) is 0 Å². The summed E-state index contributed by atoms with van der Waals surface area (Å²) in [5.41, 5.74) is 7.28. The highest BCUT2D eigenvalue weighted by molar-refractivity contribution is 5.96. The number of ether oxygens (including phenoxy) is 2. The molecule has 0 aliphatic rings. The highest BCUT2D eigenvalue weighted by atomic mass is 16.5. The first-order valence-corrected chi connectivity index (χ1v) is 8.05. The highest BCUT2D eigenvalue weighted by Crippen LogP contribution is 2.31. The molecule has 0 aliphatic heterocycles. The molecule has 1 heterocycles. The molecule has 0 amide bonds. The minimum atomic E-state index is -0.427. The number of anilines is 3. The maximum atomic E-state index is 12.1. The van der Waals surface area contributed by atoms with Gasteiger partial charge in [-0.2, -0.15) is 4.98 Å². The van der Waals surface area contributed by atoms with Crippen molar-refractivity contribution in [3.8, 4) is 11.6 Å². The number of nitrogen functional groups attached to an aromatic ring is 1. The van der Waals surface area contributed by atoms with E-state index in [-0.39, 0.29) is 18.2 Å². The molecule has 0 unspecified atom stereocenters. The van der Waals surface area contributed by atoms with Gasteiger partial charge in [-0.25, -0.2) is 9.78 Å². The van der Waals surface area contributed by atoms with Crippen molar-refractivity contribution in [3.05, 3.63) is 66.5 Å². The Morgan fingerprint density at radius 3 is 2.58 bits per heavy atom. The summed E-state index contributed by atoms with van der Waals surface area (Å²) in [4.78, 5) is 20.3. The van der Waals surface area contributed by atoms with Gasteiger partial charge in [-0.05, 0) is 31.2 Å². The number of carbonyl (C=O) groups is 1. The van der Waals surface area contributed by atoms with Crippen molar-refractivity contribution in [1.82, 2.24) is 9.97 Å². The molecule has 0 radical (unpaired) electrons. The Morgan fingerprint density at radius 2 is 1.81 bits per heavy atom. The van der Waals surface area contributed by atoms with Crippen molar-refractivity contribution in [3.63, 3.8) is 0 Å². The lowest BCUT2D eigenvalue weighted by atomic mass is 10.2. The number of nitrogens with two attached hydrogens (primary N) is 1. The van der Waals surface area contributed by atoms with Crippen LogP contribution in [0, 0.1) is 0 Å². The molecular formula is C19H18N4O3. The molecule has 3 N–H and O–H groups in total. The fourth-order valence-corrected chi connectivity index (χ4v) is 2.27. The Bertz CT molecular complexity index is 900. The van der Waals surface area contributed by atoms with E-state index in [1.165, 1.54) is 6.33 Å². The quantitative estimate of drug-likeness (QED) is 0.653. The Balaban J connectivity index is 1.88. The third kappa shape index (κ3) is 3.89. The minimum Gasteiger partial charge on any atom is -0.462 e. The van der Waals surface area contributed by atoms with Crippen LogP contribution in [0.5, 0.6) is 11.6 Å². The molecule has 7 nitrogen and oxygen atoms in total. The van der Waals surface area contributed by atoms with Crippen molar-refractivity contribution in [1.29, 1.82) is 0 Å². The first kappa shape index (κ1) is 17.2. The SMILES string of the molecule is CCOC(=O)c1ccccc1Nc1ncnc(Oc2ccccc2)c1N. The average molecular weight is 350 g/mol. The number of benzene rings is 2. The van der Waals surface area contributed by atoms with Crippen molar-refractivity contribution in [2.45, 2.75) is 6.92 Å². The van der Waals surface area contributed by atoms with E-state index < -0.39 is 5.97 Å². The number of hydrogen-bond donors (Lipinski definition) is 2. The molecule has 26 heavy (non-hydrogen) atoms. The van der Waals surface area contributed by atoms with Crippen LogP contribution in [-0.4, -0.2) is 22.5 Å². The van der Waals surface area contributed by atoms with E-state index in [1.54, 1.807) is 43.3 Å². The zero-order chi connectivity index (χ0) is 18.4. The van der Waals surface area contributed by atoms with Gasteiger partial charge in [-0.3, -0.25) is 0 Å². The molecule has 0 bridgehead atoms. The smallest absolute Gasteiger partial charge is 0.340 e. The molecular weight excluding hydrogens is 332 g/mol. The van der Waals surface area contributed by atoms with Gasteiger partial charge >= 0.3 is 5.97 Å². The Morgan fingerprint density at radius 1 is 1.08 bits per heavy atom. The molecule has 0 saturated carbocycles. The van der Waals surface area contributed by atoms with E-state index in [0.29, 0.717) is 22.8 Å². The number of carbonyl (C=O) groups excluding carboxylic acids is 1. The molecule has 0 spiro atoms. The fraction of sp³-hybridized carbons (Fsp3) is 0.105. The van der Waals surface area contributed by atoms with E-state index in [0.717, 1.165) is 0 Å². The van der Waals surface area contributed by atoms with Gasteiger partial charge in [0.1, 0.15) is 17.8 Å². The Labute approximate surface area is 150 Å². The summed E-state index contributed by atoms with van der Waals surface area (Å²) in [6, 6.07) is 16.1. The number of hydrogen-bond acceptors (Lipinski definition) is 7. The molecule has 7 heteroatoms. The second kappa shape index (κ2) is 7.98. The van der Waals surface area contributed by atoms with Gasteiger partial charge in [0.2, 0.25) is 5.88 Å². The summed E-state index contributed by atoms with van der Waals surface area (Å²) >= 11 is 0. The summed E-state index contributed by atoms with van der Waals surface area (Å²) in [7, 11) is 0. The molecule has 2 aromatic carbocycles. The van der Waals surface area contributed by atoms with Crippen LogP contribution in [0.4, 0.5) is 17.2 Å². The molecule has 0 atom stereocenters. The van der Waals surface area contributed by atoms with Crippen LogP contribution in [0.1, 0.15) is 17.3 Å². The lowest BCUT2D eigenvalue weighted by Crippen LogP contribution is -2.09. The van der Waals surface area contributed by atoms with E-state index in [1.807, 2.05) is 18.2 Å². The molecule has 1 aromatic heterocycles. The summed E-state index contributed by atoms with van der Waals surface area (Å²) in [6.07, 6.45) is 1.34. The largest absolute Gasteiger partial charge is 0.462 e. The van der Waals surface area contributed by atoms with Crippen molar-refractivity contribution in [2.24, 2.45) is 0 Å². The predicted octanol–water partition coefficient (Wildman–Crippen LogP) is 3.77. The van der Waals surface area contributed by atoms with Crippen molar-refractivity contribution in [2.75, 3.05) is 17.7 Å². The van der Waals surface area contributed by atoms with Crippen LogP contribution in [0.25, 0.3) is 0 Å². The standard InChI is InChI=1S/C19H18N4O3/c1-2-25-19(24)14-10-6-7-11-15(14)23-17-16(20)18(22-12-21-17)26-13-8-4-3-5-9-13/h3-12H,2,20H2,1H3,(H,21,22,23). The summed E-state index contributed by atoms with van der Waals surface area (Å²) in [5.74, 6) is 0.741. The topological polar surface area (TPSA) is 99.4 Å². The average Bonchev–Trinajstić information content (AvgIpc) is 2.66. The Kier molecular flexibility index (Phi) is 5.28. The maximum absolute atomic E-state index is 12.1. The first-order chi connectivity index (χ1) is 12.7. The lowest BCUT2D eigenvalue weighted by molar-refractivity contribution is 0.0527. The number of para-hydroxylation sites is 2. The maximum Gasteiger partial charge on any atom is 0.340 e. The molecule has 3 rings (SSSR count). The third-order valence-electron chi connectivity index (χ3n) is 3.48. The number of esters is 1. The third-order valence-corrected chi connectivity index (χ3v) is 3.48. The number of nitrogens with one attached hydrogen (secondary N) is 1. The second-order valence-electron chi connectivity index (χ2n) is 5.25. The van der Waals surface area contributed by atoms with E-state index in [4.69, 9.17) is 15.2 Å². The predicted molar refractivity (Wildman–Crippen MR) is 98.6 cm³/mol. The van der Waals surface area contributed by atoms with E-state index in [9.17, 15) is 4.79 Å². The van der Waals surface area contributed by atoms with E-state index in [2.05, 4.69) is 15.3 Å². The van der Waals surface area contributed by atoms with E-state index >= 15 is 0 Å². The zero-order valence-electron chi connectivity index (χ0n) is 14.2. The fourth-order valence-electron chi connectivity index (χ4n) is 2.27. The van der Waals surface area contributed by atoms with Crippen LogP contribution in [0.2, 0.25) is 0 Å². The zero-order valence-corrected chi connectivity index (χ0v) is 14.2. The lowest BCUT2D eigenvalue weighted by Gasteiger charge is -2.13. The van der Waals surface area contributed by atoms with Gasteiger partial charge in [0.25, 0.3) is 0 Å². The Hall–Kier alpha value is -3.61. The van der Waals surface area contributed by atoms with Gasteiger partial charge in [0.05, 0.1) is 17.9 Å². The van der Waals surface area contributed by atoms with Gasteiger partial charge < -0.3 is 20.5 Å². The van der Waals surface area contributed by atoms with Gasteiger partial charge in [0.15, 0.2) is 5.82 Å². The van der Waals surface area contributed by atoms with Crippen LogP contribution >= 0.6 is 0 Å². The molecule has 132 valence electrons. The number of aromatic nitrogens is 2. The van der Waals surface area contributed by atoms with Crippen LogP contribution in [0.15, 0.2) is 60.9 Å². The molecule has 0 aliphatic carbocycles. The van der Waals surface area contributed by atoms with Gasteiger partial charge in [-0.1, -0.05) is 30.3 Å². The van der Waals surface area contributed by atoms with Crippen molar-refractivity contribution >= 4 is 23.2 Å². The molecule has 3 aromatic rings. The minimum absolute atomic E-state index is 0.224. The first-order valence-electron chi connectivity index (χ1n) is 8.05. The normalized spacial score (nSPS) is 10.2. The van der Waals surface area contributed by atoms with Crippen LogP contribution in [0.3, 0.4) is 0 Å². The molecule has 0 fully saturated rings. The summed E-state index contributed by atoms with van der Waals surface area (Å²) in [5, 5.41) is 3.05. The summed E-state index contributed by atoms with van der Waals surface area (Å²) in [6.45, 7) is 2.04. The monoisotopic (exact) mass is 350 g/mol. The highest BCUT2D eigenvalue weighted by Gasteiger charge is 2.15. The number of nitrogens with zero attached hydrogens (tertiary/aromatic N) is 2. The molecule has 0 saturated heterocycles. The van der Waals surface area contributed by atoms with Crippen LogP contribution < -0.4 is 15.8 Å². The van der Waals surface area contributed by atoms with Crippen LogP contribution in [-0.2, 0) is 4.74 Å².